The van der Waals surface area contributed by atoms with Gasteiger partial charge in [-0.3, -0.25) is 4.68 Å². The average Bonchev–Trinajstić information content (AvgIpc) is 3.05. The first-order chi connectivity index (χ1) is 10.8. The highest BCUT2D eigenvalue weighted by atomic mass is 15.3. The number of rotatable bonds is 2. The van der Waals surface area contributed by atoms with Crippen LogP contribution in [0.1, 0.15) is 0 Å². The van der Waals surface area contributed by atoms with E-state index < -0.39 is 0 Å². The fourth-order valence-corrected chi connectivity index (χ4v) is 3.01. The van der Waals surface area contributed by atoms with E-state index in [0.29, 0.717) is 0 Å². The van der Waals surface area contributed by atoms with E-state index in [2.05, 4.69) is 66.7 Å². The van der Waals surface area contributed by atoms with Gasteiger partial charge in [0.1, 0.15) is 0 Å². The quantitative estimate of drug-likeness (QED) is 0.514. The molecule has 0 aromatic heterocycles. The lowest BCUT2D eigenvalue weighted by Crippen LogP contribution is -2.06. The Hall–Kier alpha value is -2.87. The van der Waals surface area contributed by atoms with Crippen LogP contribution in [0.3, 0.4) is 0 Å². The van der Waals surface area contributed by atoms with Crippen molar-refractivity contribution in [2.75, 3.05) is 0 Å². The van der Waals surface area contributed by atoms with E-state index >= 15 is 0 Å². The molecule has 2 aromatic carbocycles. The van der Waals surface area contributed by atoms with Crippen LogP contribution in [0, 0.1) is 0 Å². The molecule has 1 aliphatic carbocycles. The molecular weight excluding hydrogens is 268 g/mol. The van der Waals surface area contributed by atoms with Gasteiger partial charge in [0.2, 0.25) is 0 Å². The van der Waals surface area contributed by atoms with Gasteiger partial charge in [-0.15, -0.1) is 0 Å². The van der Waals surface area contributed by atoms with E-state index in [0.717, 1.165) is 17.0 Å². The molecule has 0 saturated carbocycles. The molecule has 0 atom stereocenters. The lowest BCUT2D eigenvalue weighted by molar-refractivity contribution is 0.755. The molecule has 0 fully saturated rings. The lowest BCUT2D eigenvalue weighted by atomic mass is 9.98. The molecular formula is C20H16N2. The van der Waals surface area contributed by atoms with E-state index in [9.17, 15) is 0 Å². The predicted molar refractivity (Wildman–Crippen MR) is 90.7 cm³/mol. The first-order valence-electron chi connectivity index (χ1n) is 7.41. The predicted octanol–water partition coefficient (Wildman–Crippen LogP) is 4.86. The van der Waals surface area contributed by atoms with Crippen molar-refractivity contribution in [2.45, 2.75) is 0 Å². The SMILES string of the molecule is Cn1nc(-c2ccccc2)c2cccc-2c1-c1ccccc1. The molecule has 0 N–H and O–H groups in total. The van der Waals surface area contributed by atoms with Crippen LogP contribution in [0.5, 0.6) is 0 Å². The lowest BCUT2D eigenvalue weighted by Gasteiger charge is -2.17. The summed E-state index contributed by atoms with van der Waals surface area (Å²) < 4.78 is 1.99. The zero-order valence-corrected chi connectivity index (χ0v) is 12.4. The second kappa shape index (κ2) is 5.15. The smallest absolute Gasteiger partial charge is 0.0987 e. The van der Waals surface area contributed by atoms with Crippen LogP contribution in [-0.2, 0) is 7.05 Å². The molecule has 2 aromatic rings. The minimum Gasteiger partial charge on any atom is -0.267 e. The fraction of sp³-hybridized carbons (Fsp3) is 0.0500. The minimum absolute atomic E-state index is 1.03. The van der Waals surface area contributed by atoms with Gasteiger partial charge in [0.05, 0.1) is 11.4 Å². The summed E-state index contributed by atoms with van der Waals surface area (Å²) in [6, 6.07) is 27.2. The van der Waals surface area contributed by atoms with Gasteiger partial charge in [-0.2, -0.15) is 5.10 Å². The summed E-state index contributed by atoms with van der Waals surface area (Å²) in [5.74, 6) is 0. The van der Waals surface area contributed by atoms with Crippen molar-refractivity contribution in [3.05, 3.63) is 78.9 Å². The summed E-state index contributed by atoms with van der Waals surface area (Å²) in [7, 11) is 2.02. The molecule has 0 saturated heterocycles. The molecule has 0 bridgehead atoms. The molecule has 0 spiro atoms. The average molecular weight is 284 g/mol. The van der Waals surface area contributed by atoms with E-state index in [-0.39, 0.29) is 0 Å². The van der Waals surface area contributed by atoms with E-state index in [1.807, 2.05) is 23.9 Å². The standard InChI is InChI=1S/C20H16N2/c1-22-20(16-11-6-3-7-12-16)18-14-8-13-17(18)19(21-22)15-9-4-2-5-10-15/h2-14H,1H3. The molecule has 2 heteroatoms. The molecule has 1 heterocycles. The molecule has 0 unspecified atom stereocenters. The Balaban J connectivity index is 2.00. The van der Waals surface area contributed by atoms with Gasteiger partial charge in [-0.1, -0.05) is 78.9 Å². The fourth-order valence-electron chi connectivity index (χ4n) is 3.01. The van der Waals surface area contributed by atoms with Crippen molar-refractivity contribution in [2.24, 2.45) is 7.05 Å². The second-order valence-corrected chi connectivity index (χ2v) is 5.41. The van der Waals surface area contributed by atoms with E-state index in [4.69, 9.17) is 5.10 Å². The summed E-state index contributed by atoms with van der Waals surface area (Å²) in [5.41, 5.74) is 6.95. The maximum absolute atomic E-state index is 4.84. The van der Waals surface area contributed by atoms with Gasteiger partial charge in [0, 0.05) is 29.3 Å². The number of benzene rings is 2. The normalized spacial score (nSPS) is 11.0. The highest BCUT2D eigenvalue weighted by molar-refractivity contribution is 5.90. The van der Waals surface area contributed by atoms with Crippen LogP contribution >= 0.6 is 0 Å². The first-order valence-corrected chi connectivity index (χ1v) is 7.41. The molecule has 0 radical (unpaired) electrons. The summed E-state index contributed by atoms with van der Waals surface area (Å²) in [6.45, 7) is 0. The number of hydrogen-bond acceptors (Lipinski definition) is 1. The zero-order chi connectivity index (χ0) is 14.9. The largest absolute Gasteiger partial charge is 0.267 e. The van der Waals surface area contributed by atoms with Crippen molar-refractivity contribution in [1.29, 1.82) is 0 Å². The number of aromatic nitrogens is 2. The van der Waals surface area contributed by atoms with Crippen LogP contribution in [0.15, 0.2) is 78.9 Å². The monoisotopic (exact) mass is 284 g/mol. The molecule has 22 heavy (non-hydrogen) atoms. The van der Waals surface area contributed by atoms with Gasteiger partial charge in [0.25, 0.3) is 0 Å². The number of aryl methyl sites for hydroxylation is 1. The number of hydrogen-bond donors (Lipinski definition) is 0. The summed E-state index contributed by atoms with van der Waals surface area (Å²) in [5, 5.41) is 4.84. The maximum Gasteiger partial charge on any atom is 0.0987 e. The van der Waals surface area contributed by atoms with Crippen molar-refractivity contribution in [3.63, 3.8) is 0 Å². The van der Waals surface area contributed by atoms with Gasteiger partial charge in [0.15, 0.2) is 0 Å². The highest BCUT2D eigenvalue weighted by Crippen LogP contribution is 2.38. The van der Waals surface area contributed by atoms with Gasteiger partial charge < -0.3 is 0 Å². The first kappa shape index (κ1) is 12.8. The molecule has 2 aliphatic rings. The Morgan fingerprint density at radius 1 is 0.636 bits per heavy atom. The van der Waals surface area contributed by atoms with Gasteiger partial charge in [-0.25, -0.2) is 0 Å². The number of nitrogens with zero attached hydrogens (tertiary/aromatic N) is 2. The van der Waals surface area contributed by atoms with E-state index in [1.54, 1.807) is 0 Å². The van der Waals surface area contributed by atoms with Crippen LogP contribution in [-0.4, -0.2) is 9.78 Å². The summed E-state index contributed by atoms with van der Waals surface area (Å²) in [4.78, 5) is 0. The second-order valence-electron chi connectivity index (χ2n) is 5.41. The van der Waals surface area contributed by atoms with Gasteiger partial charge in [-0.05, 0) is 0 Å². The Bertz CT molecular complexity index is 876. The molecule has 0 amide bonds. The molecule has 4 rings (SSSR count). The highest BCUT2D eigenvalue weighted by Gasteiger charge is 2.18. The number of fused-ring (bicyclic) bond motifs is 1. The van der Waals surface area contributed by atoms with E-state index in [1.165, 1.54) is 16.7 Å². The molecule has 1 aliphatic heterocycles. The van der Waals surface area contributed by atoms with Crippen molar-refractivity contribution >= 4 is 0 Å². The Morgan fingerprint density at radius 2 is 1.23 bits per heavy atom. The zero-order valence-electron chi connectivity index (χ0n) is 12.4. The van der Waals surface area contributed by atoms with Crippen molar-refractivity contribution < 1.29 is 0 Å². The molecule has 2 nitrogen and oxygen atoms in total. The third kappa shape index (κ3) is 2.01. The summed E-state index contributed by atoms with van der Waals surface area (Å²) in [6.07, 6.45) is 0. The van der Waals surface area contributed by atoms with Crippen LogP contribution in [0.2, 0.25) is 0 Å². The van der Waals surface area contributed by atoms with Gasteiger partial charge >= 0.3 is 0 Å². The third-order valence-corrected chi connectivity index (χ3v) is 3.99. The van der Waals surface area contributed by atoms with Crippen LogP contribution in [0.4, 0.5) is 0 Å². The minimum atomic E-state index is 1.03. The maximum atomic E-state index is 4.84. The van der Waals surface area contributed by atoms with Crippen LogP contribution in [0.25, 0.3) is 33.6 Å². The Morgan fingerprint density at radius 3 is 1.91 bits per heavy atom. The van der Waals surface area contributed by atoms with Crippen LogP contribution < -0.4 is 0 Å². The Kier molecular flexibility index (Phi) is 3.01. The Labute approximate surface area is 130 Å². The summed E-state index contributed by atoms with van der Waals surface area (Å²) >= 11 is 0. The van der Waals surface area contributed by atoms with Crippen molar-refractivity contribution in [1.82, 2.24) is 9.78 Å². The third-order valence-electron chi connectivity index (χ3n) is 3.99. The topological polar surface area (TPSA) is 17.8 Å². The van der Waals surface area contributed by atoms with Crippen molar-refractivity contribution in [3.8, 4) is 33.6 Å². The molecule has 106 valence electrons.